The zero-order valence-electron chi connectivity index (χ0n) is 9.44. The summed E-state index contributed by atoms with van der Waals surface area (Å²) in [6.45, 7) is 10.9. The minimum Gasteiger partial charge on any atom is -0.499 e. The molecule has 0 N–H and O–H groups in total. The molecule has 0 aliphatic carbocycles. The molecular weight excluding hydrogens is 160 g/mol. The van der Waals surface area contributed by atoms with Crippen LogP contribution in [-0.2, 0) is 4.74 Å². The summed E-state index contributed by atoms with van der Waals surface area (Å²) in [6.07, 6.45) is 6.68. The van der Waals surface area contributed by atoms with Gasteiger partial charge in [-0.25, -0.2) is 0 Å². The highest BCUT2D eigenvalue weighted by molar-refractivity contribution is 4.73. The van der Waals surface area contributed by atoms with Gasteiger partial charge in [0.1, 0.15) is 0 Å². The van der Waals surface area contributed by atoms with Gasteiger partial charge in [0.25, 0.3) is 0 Å². The normalized spacial score (nSPS) is 12.5. The summed E-state index contributed by atoms with van der Waals surface area (Å²) in [7, 11) is 0. The van der Waals surface area contributed by atoms with E-state index in [9.17, 15) is 0 Å². The van der Waals surface area contributed by atoms with Crippen LogP contribution in [0.25, 0.3) is 0 Å². The smallest absolute Gasteiger partial charge is 0.0902 e. The standard InChI is InChI=1S/C12H24O/c1-5-6-7-8-9-12(4)10-13-11(2)3/h12H,2,5-10H2,1,3-4H3. The Morgan fingerprint density at radius 1 is 1.31 bits per heavy atom. The van der Waals surface area contributed by atoms with E-state index in [-0.39, 0.29) is 0 Å². The molecule has 1 atom stereocenters. The van der Waals surface area contributed by atoms with Crippen LogP contribution in [0.4, 0.5) is 0 Å². The molecule has 1 unspecified atom stereocenters. The molecule has 1 heteroatoms. The molecular formula is C12H24O. The molecule has 0 radical (unpaired) electrons. The number of rotatable bonds is 8. The molecule has 0 amide bonds. The van der Waals surface area contributed by atoms with Crippen molar-refractivity contribution in [3.05, 3.63) is 12.3 Å². The van der Waals surface area contributed by atoms with E-state index in [1.165, 1.54) is 32.1 Å². The molecule has 0 aromatic rings. The second-order valence-corrected chi connectivity index (χ2v) is 3.97. The average Bonchev–Trinajstić information content (AvgIpc) is 2.09. The summed E-state index contributed by atoms with van der Waals surface area (Å²) < 4.78 is 5.37. The van der Waals surface area contributed by atoms with Crippen molar-refractivity contribution in [3.8, 4) is 0 Å². The Morgan fingerprint density at radius 2 is 2.00 bits per heavy atom. The predicted octanol–water partition coefficient (Wildman–Crippen LogP) is 4.14. The van der Waals surface area contributed by atoms with Gasteiger partial charge in [0.15, 0.2) is 0 Å². The lowest BCUT2D eigenvalue weighted by Crippen LogP contribution is -2.04. The van der Waals surface area contributed by atoms with Crippen molar-refractivity contribution < 1.29 is 4.74 Å². The topological polar surface area (TPSA) is 9.23 Å². The second kappa shape index (κ2) is 8.15. The van der Waals surface area contributed by atoms with Crippen LogP contribution >= 0.6 is 0 Å². The van der Waals surface area contributed by atoms with E-state index in [0.29, 0.717) is 5.92 Å². The molecule has 0 aliphatic heterocycles. The van der Waals surface area contributed by atoms with Gasteiger partial charge in [0, 0.05) is 0 Å². The number of unbranched alkanes of at least 4 members (excludes halogenated alkanes) is 3. The highest BCUT2D eigenvalue weighted by Crippen LogP contribution is 2.11. The van der Waals surface area contributed by atoms with E-state index in [0.717, 1.165) is 12.4 Å². The SMILES string of the molecule is C=C(C)OCC(C)CCCCCC. The third-order valence-electron chi connectivity index (χ3n) is 2.16. The van der Waals surface area contributed by atoms with Gasteiger partial charge in [-0.2, -0.15) is 0 Å². The maximum absolute atomic E-state index is 5.37. The molecule has 0 fully saturated rings. The van der Waals surface area contributed by atoms with Crippen molar-refractivity contribution in [2.45, 2.75) is 52.9 Å². The molecule has 0 heterocycles. The van der Waals surface area contributed by atoms with E-state index in [4.69, 9.17) is 4.74 Å². The molecule has 0 aliphatic rings. The van der Waals surface area contributed by atoms with E-state index in [2.05, 4.69) is 20.4 Å². The van der Waals surface area contributed by atoms with Gasteiger partial charge in [0.05, 0.1) is 12.4 Å². The van der Waals surface area contributed by atoms with Crippen LogP contribution < -0.4 is 0 Å². The first-order valence-electron chi connectivity index (χ1n) is 5.45. The van der Waals surface area contributed by atoms with Crippen LogP contribution in [0.15, 0.2) is 12.3 Å². The molecule has 78 valence electrons. The zero-order valence-corrected chi connectivity index (χ0v) is 9.44. The fourth-order valence-corrected chi connectivity index (χ4v) is 1.29. The van der Waals surface area contributed by atoms with Crippen molar-refractivity contribution in [2.75, 3.05) is 6.61 Å². The van der Waals surface area contributed by atoms with Gasteiger partial charge in [-0.1, -0.05) is 46.1 Å². The van der Waals surface area contributed by atoms with Crippen molar-refractivity contribution in [3.63, 3.8) is 0 Å². The van der Waals surface area contributed by atoms with E-state index in [1.54, 1.807) is 0 Å². The highest BCUT2D eigenvalue weighted by atomic mass is 16.5. The van der Waals surface area contributed by atoms with Gasteiger partial charge in [0.2, 0.25) is 0 Å². The first-order valence-corrected chi connectivity index (χ1v) is 5.45. The quantitative estimate of drug-likeness (QED) is 0.407. The highest BCUT2D eigenvalue weighted by Gasteiger charge is 2.01. The Bertz CT molecular complexity index is 129. The molecule has 0 rings (SSSR count). The van der Waals surface area contributed by atoms with Gasteiger partial charge < -0.3 is 4.74 Å². The summed E-state index contributed by atoms with van der Waals surface area (Å²) in [6, 6.07) is 0. The van der Waals surface area contributed by atoms with Gasteiger partial charge >= 0.3 is 0 Å². The largest absolute Gasteiger partial charge is 0.499 e. The third-order valence-corrected chi connectivity index (χ3v) is 2.16. The van der Waals surface area contributed by atoms with E-state index in [1.807, 2.05) is 6.92 Å². The van der Waals surface area contributed by atoms with Crippen molar-refractivity contribution in [2.24, 2.45) is 5.92 Å². The summed E-state index contributed by atoms with van der Waals surface area (Å²) in [5, 5.41) is 0. The molecule has 0 aromatic carbocycles. The lowest BCUT2D eigenvalue weighted by atomic mass is 10.0. The Hall–Kier alpha value is -0.460. The summed E-state index contributed by atoms with van der Waals surface area (Å²) in [5.74, 6) is 1.51. The first-order chi connectivity index (χ1) is 6.16. The Labute approximate surface area is 83.2 Å². The maximum Gasteiger partial charge on any atom is 0.0902 e. The van der Waals surface area contributed by atoms with Gasteiger partial charge in [-0.05, 0) is 19.3 Å². The lowest BCUT2D eigenvalue weighted by molar-refractivity contribution is 0.169. The van der Waals surface area contributed by atoms with E-state index < -0.39 is 0 Å². The fraction of sp³-hybridized carbons (Fsp3) is 0.833. The van der Waals surface area contributed by atoms with Crippen LogP contribution in [0.5, 0.6) is 0 Å². The van der Waals surface area contributed by atoms with Crippen LogP contribution in [0.3, 0.4) is 0 Å². The molecule has 0 aromatic heterocycles. The molecule has 0 saturated heterocycles. The van der Waals surface area contributed by atoms with Crippen LogP contribution in [-0.4, -0.2) is 6.61 Å². The van der Waals surface area contributed by atoms with Gasteiger partial charge in [-0.15, -0.1) is 0 Å². The lowest BCUT2D eigenvalue weighted by Gasteiger charge is -2.12. The molecule has 0 bridgehead atoms. The monoisotopic (exact) mass is 184 g/mol. The Morgan fingerprint density at radius 3 is 2.54 bits per heavy atom. The second-order valence-electron chi connectivity index (χ2n) is 3.97. The van der Waals surface area contributed by atoms with E-state index >= 15 is 0 Å². The number of allylic oxidation sites excluding steroid dienone is 1. The summed E-state index contributed by atoms with van der Waals surface area (Å²) in [4.78, 5) is 0. The minimum atomic E-state index is 0.675. The molecule has 0 spiro atoms. The Balaban J connectivity index is 3.19. The number of hydrogen-bond donors (Lipinski definition) is 0. The van der Waals surface area contributed by atoms with Crippen LogP contribution in [0.2, 0.25) is 0 Å². The fourth-order valence-electron chi connectivity index (χ4n) is 1.29. The third kappa shape index (κ3) is 9.45. The zero-order chi connectivity index (χ0) is 10.1. The molecule has 13 heavy (non-hydrogen) atoms. The maximum atomic E-state index is 5.37. The predicted molar refractivity (Wildman–Crippen MR) is 58.7 cm³/mol. The van der Waals surface area contributed by atoms with Crippen molar-refractivity contribution in [1.29, 1.82) is 0 Å². The Kier molecular flexibility index (Phi) is 7.86. The van der Waals surface area contributed by atoms with Crippen LogP contribution in [0.1, 0.15) is 52.9 Å². The number of hydrogen-bond acceptors (Lipinski definition) is 1. The molecule has 1 nitrogen and oxygen atoms in total. The minimum absolute atomic E-state index is 0.675. The average molecular weight is 184 g/mol. The van der Waals surface area contributed by atoms with Crippen LogP contribution in [0, 0.1) is 5.92 Å². The van der Waals surface area contributed by atoms with Crippen molar-refractivity contribution in [1.82, 2.24) is 0 Å². The first kappa shape index (κ1) is 12.5. The summed E-state index contributed by atoms with van der Waals surface area (Å²) in [5.41, 5.74) is 0. The van der Waals surface area contributed by atoms with Crippen molar-refractivity contribution >= 4 is 0 Å². The number of ether oxygens (including phenoxy) is 1. The molecule has 0 saturated carbocycles. The van der Waals surface area contributed by atoms with Gasteiger partial charge in [-0.3, -0.25) is 0 Å². The summed E-state index contributed by atoms with van der Waals surface area (Å²) >= 11 is 0.